The molecule has 2 saturated heterocycles. The van der Waals surface area contributed by atoms with E-state index in [0.29, 0.717) is 12.3 Å². The van der Waals surface area contributed by atoms with Crippen LogP contribution < -0.4 is 0 Å². The summed E-state index contributed by atoms with van der Waals surface area (Å²) in [6.45, 7) is 5.17. The summed E-state index contributed by atoms with van der Waals surface area (Å²) in [5, 5.41) is 1.98. The number of hydrogen-bond acceptors (Lipinski definition) is 4. The number of carbonyl (C=O) groups is 2. The van der Waals surface area contributed by atoms with E-state index in [-0.39, 0.29) is 17.9 Å². The minimum Gasteiger partial charge on any atom is -0.339 e. The molecule has 0 bridgehead atoms. The summed E-state index contributed by atoms with van der Waals surface area (Å²) >= 11 is 1.53. The number of nitrogens with zero attached hydrogens (tertiary/aromatic N) is 4. The minimum absolute atomic E-state index is 0.157. The van der Waals surface area contributed by atoms with Crippen molar-refractivity contribution in [2.45, 2.75) is 45.2 Å². The second kappa shape index (κ2) is 7.84. The zero-order valence-corrected chi connectivity index (χ0v) is 16.5. The molecule has 0 aromatic carbocycles. The van der Waals surface area contributed by atoms with E-state index in [1.165, 1.54) is 11.3 Å². The van der Waals surface area contributed by atoms with Gasteiger partial charge in [0.25, 0.3) is 5.91 Å². The van der Waals surface area contributed by atoms with Crippen LogP contribution in [0.5, 0.6) is 0 Å². The van der Waals surface area contributed by atoms with Crippen molar-refractivity contribution in [3.8, 4) is 0 Å². The van der Waals surface area contributed by atoms with E-state index in [4.69, 9.17) is 0 Å². The second-order valence-corrected chi connectivity index (χ2v) is 8.50. The number of hydrogen-bond donors (Lipinski definition) is 0. The number of piperidine rings is 2. The lowest BCUT2D eigenvalue weighted by Crippen LogP contribution is -2.57. The zero-order chi connectivity index (χ0) is 18.8. The van der Waals surface area contributed by atoms with Crippen LogP contribution in [0, 0.1) is 12.8 Å². The minimum atomic E-state index is 0.157. The lowest BCUT2D eigenvalue weighted by molar-refractivity contribution is -0.140. The highest BCUT2D eigenvalue weighted by atomic mass is 32.1. The molecule has 27 heavy (non-hydrogen) atoms. The van der Waals surface area contributed by atoms with Gasteiger partial charge in [0.15, 0.2) is 0 Å². The molecule has 0 N–H and O–H groups in total. The molecule has 2 atom stereocenters. The summed E-state index contributed by atoms with van der Waals surface area (Å²) in [6.07, 6.45) is 8.88. The van der Waals surface area contributed by atoms with Crippen LogP contribution in [0.15, 0.2) is 30.2 Å². The molecule has 0 radical (unpaired) electrons. The average Bonchev–Trinajstić information content (AvgIpc) is 3.34. The van der Waals surface area contributed by atoms with Crippen molar-refractivity contribution < 1.29 is 9.59 Å². The first-order valence-corrected chi connectivity index (χ1v) is 10.6. The van der Waals surface area contributed by atoms with Gasteiger partial charge in [-0.2, -0.15) is 0 Å². The number of carbonyl (C=O) groups excluding carboxylic acids is 2. The molecule has 7 heteroatoms. The molecule has 2 aliphatic heterocycles. The number of imidazole rings is 1. The van der Waals surface area contributed by atoms with Crippen LogP contribution in [0.25, 0.3) is 0 Å². The van der Waals surface area contributed by atoms with Crippen LogP contribution >= 0.6 is 11.3 Å². The Labute approximate surface area is 163 Å². The highest BCUT2D eigenvalue weighted by Gasteiger charge is 2.40. The van der Waals surface area contributed by atoms with Crippen molar-refractivity contribution in [1.82, 2.24) is 19.4 Å². The SMILES string of the molecule is Cc1ccsc1C(=O)N1CC[C@H]2[C@H](CCC(=O)N2CCCn2ccnc2)C1. The first-order chi connectivity index (χ1) is 13.1. The van der Waals surface area contributed by atoms with Crippen molar-refractivity contribution in [3.63, 3.8) is 0 Å². The van der Waals surface area contributed by atoms with Gasteiger partial charge in [-0.25, -0.2) is 4.98 Å². The van der Waals surface area contributed by atoms with Gasteiger partial charge >= 0.3 is 0 Å². The molecule has 144 valence electrons. The zero-order valence-electron chi connectivity index (χ0n) is 15.7. The average molecular weight is 387 g/mol. The molecular formula is C20H26N4O2S. The van der Waals surface area contributed by atoms with Crippen LogP contribution in [-0.4, -0.2) is 56.8 Å². The fraction of sp³-hybridized carbons (Fsp3) is 0.550. The van der Waals surface area contributed by atoms with Crippen LogP contribution in [0.4, 0.5) is 0 Å². The van der Waals surface area contributed by atoms with Crippen LogP contribution in [-0.2, 0) is 11.3 Å². The fourth-order valence-electron chi connectivity index (χ4n) is 4.40. The number of aromatic nitrogens is 2. The first kappa shape index (κ1) is 18.2. The lowest BCUT2D eigenvalue weighted by Gasteiger charge is -2.47. The number of rotatable bonds is 5. The van der Waals surface area contributed by atoms with Gasteiger partial charge in [-0.05, 0) is 49.1 Å². The van der Waals surface area contributed by atoms with Gasteiger partial charge in [0.1, 0.15) is 0 Å². The lowest BCUT2D eigenvalue weighted by atomic mass is 9.83. The number of aryl methyl sites for hydroxylation is 2. The summed E-state index contributed by atoms with van der Waals surface area (Å²) in [7, 11) is 0. The standard InChI is InChI=1S/C20H26N4O2S/c1-15-6-12-27-19(15)20(26)23-10-5-17-16(13-23)3-4-18(25)24(17)9-2-8-22-11-7-21-14-22/h6-7,11-12,14,16-17H,2-5,8-10,13H2,1H3/t16-,17+/m1/s1. The van der Waals surface area contributed by atoms with Gasteiger partial charge in [0.05, 0.1) is 11.2 Å². The number of fused-ring (bicyclic) bond motifs is 1. The van der Waals surface area contributed by atoms with E-state index < -0.39 is 0 Å². The van der Waals surface area contributed by atoms with Gasteiger partial charge in [0, 0.05) is 51.0 Å². The fourth-order valence-corrected chi connectivity index (χ4v) is 5.30. The highest BCUT2D eigenvalue weighted by Crippen LogP contribution is 2.32. The molecule has 2 amide bonds. The maximum absolute atomic E-state index is 12.9. The Hall–Kier alpha value is -2.15. The van der Waals surface area contributed by atoms with E-state index in [0.717, 1.165) is 55.9 Å². The van der Waals surface area contributed by atoms with Crippen LogP contribution in [0.2, 0.25) is 0 Å². The largest absolute Gasteiger partial charge is 0.339 e. The van der Waals surface area contributed by atoms with E-state index >= 15 is 0 Å². The number of likely N-dealkylation sites (tertiary alicyclic amines) is 2. The summed E-state index contributed by atoms with van der Waals surface area (Å²) in [5.74, 6) is 0.828. The smallest absolute Gasteiger partial charge is 0.264 e. The number of thiophene rings is 1. The molecule has 2 aliphatic rings. The predicted molar refractivity (Wildman–Crippen MR) is 105 cm³/mol. The third-order valence-corrected chi connectivity index (χ3v) is 6.87. The quantitative estimate of drug-likeness (QED) is 0.794. The van der Waals surface area contributed by atoms with Crippen molar-refractivity contribution in [3.05, 3.63) is 40.6 Å². The summed E-state index contributed by atoms with van der Waals surface area (Å²) in [6, 6.07) is 2.29. The summed E-state index contributed by atoms with van der Waals surface area (Å²) in [4.78, 5) is 34.4. The third-order valence-electron chi connectivity index (χ3n) is 5.86. The van der Waals surface area contributed by atoms with Crippen molar-refractivity contribution in [1.29, 1.82) is 0 Å². The monoisotopic (exact) mass is 386 g/mol. The third kappa shape index (κ3) is 3.78. The van der Waals surface area contributed by atoms with Gasteiger partial charge in [-0.1, -0.05) is 0 Å². The Morgan fingerprint density at radius 2 is 2.22 bits per heavy atom. The Morgan fingerprint density at radius 3 is 2.96 bits per heavy atom. The maximum atomic E-state index is 12.9. The molecule has 2 fully saturated rings. The molecule has 4 rings (SSSR count). The van der Waals surface area contributed by atoms with Crippen LogP contribution in [0.1, 0.15) is 40.9 Å². The van der Waals surface area contributed by atoms with Crippen molar-refractivity contribution in [2.24, 2.45) is 5.92 Å². The molecule has 0 unspecified atom stereocenters. The molecule has 0 spiro atoms. The normalized spacial score (nSPS) is 22.8. The topological polar surface area (TPSA) is 58.4 Å². The Kier molecular flexibility index (Phi) is 5.29. The Balaban J connectivity index is 1.37. The van der Waals surface area contributed by atoms with Gasteiger partial charge in [-0.15, -0.1) is 11.3 Å². The van der Waals surface area contributed by atoms with Gasteiger partial charge < -0.3 is 14.4 Å². The van der Waals surface area contributed by atoms with E-state index in [9.17, 15) is 9.59 Å². The van der Waals surface area contributed by atoms with Gasteiger partial charge in [-0.3, -0.25) is 9.59 Å². The van der Waals surface area contributed by atoms with Crippen molar-refractivity contribution in [2.75, 3.05) is 19.6 Å². The van der Waals surface area contributed by atoms with E-state index in [2.05, 4.69) is 14.5 Å². The Bertz CT molecular complexity index is 801. The highest BCUT2D eigenvalue weighted by molar-refractivity contribution is 7.12. The summed E-state index contributed by atoms with van der Waals surface area (Å²) in [5.41, 5.74) is 1.06. The predicted octanol–water partition coefficient (Wildman–Crippen LogP) is 2.80. The van der Waals surface area contributed by atoms with E-state index in [1.54, 1.807) is 6.20 Å². The molecule has 4 heterocycles. The Morgan fingerprint density at radius 1 is 1.33 bits per heavy atom. The molecule has 6 nitrogen and oxygen atoms in total. The van der Waals surface area contributed by atoms with E-state index in [1.807, 2.05) is 35.8 Å². The van der Waals surface area contributed by atoms with Crippen LogP contribution in [0.3, 0.4) is 0 Å². The second-order valence-electron chi connectivity index (χ2n) is 7.58. The number of amides is 2. The maximum Gasteiger partial charge on any atom is 0.264 e. The summed E-state index contributed by atoms with van der Waals surface area (Å²) < 4.78 is 2.05. The molecule has 0 saturated carbocycles. The molecule has 2 aromatic rings. The first-order valence-electron chi connectivity index (χ1n) is 9.72. The molecule has 2 aromatic heterocycles. The molecular weight excluding hydrogens is 360 g/mol. The van der Waals surface area contributed by atoms with Gasteiger partial charge in [0.2, 0.25) is 5.91 Å². The molecule has 0 aliphatic carbocycles. The van der Waals surface area contributed by atoms with Crippen molar-refractivity contribution >= 4 is 23.2 Å².